The number of pyridine rings is 1. The Kier molecular flexibility index (Phi) is 6.00. The summed E-state index contributed by atoms with van der Waals surface area (Å²) in [6.45, 7) is 1.81. The van der Waals surface area contributed by atoms with Crippen molar-refractivity contribution in [3.05, 3.63) is 98.9 Å². The molecule has 1 amide bonds. The third-order valence-electron chi connectivity index (χ3n) is 5.39. The maximum absolute atomic E-state index is 13.5. The first-order chi connectivity index (χ1) is 16.4. The normalized spacial score (nSPS) is 15.0. The van der Waals surface area contributed by atoms with E-state index in [9.17, 15) is 4.79 Å². The number of hydrogen-bond donors (Lipinski definition) is 2. The van der Waals surface area contributed by atoms with Crippen molar-refractivity contribution < 1.29 is 4.79 Å². The molecule has 2 aromatic carbocycles. The number of nitrogens with one attached hydrogen (secondary N) is 2. The van der Waals surface area contributed by atoms with Gasteiger partial charge < -0.3 is 10.6 Å². The van der Waals surface area contributed by atoms with Crippen molar-refractivity contribution in [2.75, 3.05) is 10.6 Å². The van der Waals surface area contributed by atoms with Gasteiger partial charge in [-0.05, 0) is 43.3 Å². The summed E-state index contributed by atoms with van der Waals surface area (Å²) in [5, 5.41) is 12.2. The lowest BCUT2D eigenvalue weighted by molar-refractivity contribution is -0.113. The van der Waals surface area contributed by atoms with Gasteiger partial charge >= 0.3 is 0 Å². The van der Waals surface area contributed by atoms with Crippen molar-refractivity contribution in [2.24, 2.45) is 0 Å². The first-order valence-corrected chi connectivity index (χ1v) is 11.4. The zero-order chi connectivity index (χ0) is 23.8. The van der Waals surface area contributed by atoms with Crippen molar-refractivity contribution in [1.29, 1.82) is 0 Å². The standard InChI is InChI=1S/C24H17Cl3N6O/c1-13-20(23(34)30-15-5-4-10-28-12-15)21(16-9-8-14(25)11-19(16)27)33-24(29-13)31-22(32-33)17-6-2-3-7-18(17)26/h2-12,21H,1H3,(H,30,34)(H,29,31,32). The molecule has 4 aromatic rings. The van der Waals surface area contributed by atoms with Crippen LogP contribution < -0.4 is 10.6 Å². The largest absolute Gasteiger partial charge is 0.328 e. The maximum Gasteiger partial charge on any atom is 0.255 e. The van der Waals surface area contributed by atoms with Gasteiger partial charge in [-0.2, -0.15) is 4.98 Å². The molecule has 1 aliphatic heterocycles. The highest BCUT2D eigenvalue weighted by Crippen LogP contribution is 2.40. The van der Waals surface area contributed by atoms with E-state index >= 15 is 0 Å². The summed E-state index contributed by atoms with van der Waals surface area (Å²) >= 11 is 19.1. The SMILES string of the molecule is CC1=C(C(=O)Nc2cccnc2)C(c2ccc(Cl)cc2Cl)n2nc(-c3ccccc3Cl)nc2N1. The van der Waals surface area contributed by atoms with Crippen molar-refractivity contribution in [2.45, 2.75) is 13.0 Å². The highest BCUT2D eigenvalue weighted by Gasteiger charge is 2.35. The molecule has 10 heteroatoms. The number of anilines is 2. The third-order valence-corrected chi connectivity index (χ3v) is 6.28. The van der Waals surface area contributed by atoms with E-state index in [2.05, 4.69) is 20.6 Å². The summed E-state index contributed by atoms with van der Waals surface area (Å²) in [5.74, 6) is 0.556. The van der Waals surface area contributed by atoms with Gasteiger partial charge in [0.15, 0.2) is 5.82 Å². The second kappa shape index (κ2) is 9.10. The number of rotatable bonds is 4. The number of fused-ring (bicyclic) bond motifs is 1. The van der Waals surface area contributed by atoms with Crippen LogP contribution in [0.2, 0.25) is 15.1 Å². The number of halogens is 3. The zero-order valence-corrected chi connectivity index (χ0v) is 20.0. The van der Waals surface area contributed by atoms with Crippen molar-refractivity contribution in [1.82, 2.24) is 19.7 Å². The van der Waals surface area contributed by atoms with Crippen molar-refractivity contribution in [3.63, 3.8) is 0 Å². The molecule has 1 unspecified atom stereocenters. The van der Waals surface area contributed by atoms with Crippen LogP contribution in [0.4, 0.5) is 11.6 Å². The van der Waals surface area contributed by atoms with E-state index in [1.807, 2.05) is 25.1 Å². The van der Waals surface area contributed by atoms with Crippen LogP contribution in [0.25, 0.3) is 11.4 Å². The van der Waals surface area contributed by atoms with Gasteiger partial charge in [-0.1, -0.05) is 53.0 Å². The molecule has 0 fully saturated rings. The first-order valence-electron chi connectivity index (χ1n) is 10.3. The molecule has 7 nitrogen and oxygen atoms in total. The predicted molar refractivity (Wildman–Crippen MR) is 134 cm³/mol. The smallest absolute Gasteiger partial charge is 0.255 e. The molecule has 170 valence electrons. The fourth-order valence-corrected chi connectivity index (χ4v) is 4.58. The van der Waals surface area contributed by atoms with Gasteiger partial charge in [0.2, 0.25) is 5.95 Å². The monoisotopic (exact) mass is 510 g/mol. The maximum atomic E-state index is 13.5. The molecule has 0 saturated heterocycles. The zero-order valence-electron chi connectivity index (χ0n) is 17.8. The molecule has 0 aliphatic carbocycles. The Hall–Kier alpha value is -3.39. The van der Waals surface area contributed by atoms with E-state index in [0.29, 0.717) is 54.9 Å². The number of aromatic nitrogens is 4. The number of allylic oxidation sites excluding steroid dienone is 1. The number of nitrogens with zero attached hydrogens (tertiary/aromatic N) is 4. The summed E-state index contributed by atoms with van der Waals surface area (Å²) in [7, 11) is 0. The van der Waals surface area contributed by atoms with E-state index < -0.39 is 6.04 Å². The lowest BCUT2D eigenvalue weighted by atomic mass is 9.95. The van der Waals surface area contributed by atoms with Gasteiger partial charge in [0.25, 0.3) is 5.91 Å². The van der Waals surface area contributed by atoms with Crippen LogP contribution in [0.3, 0.4) is 0 Å². The first kappa shape index (κ1) is 22.4. The summed E-state index contributed by atoms with van der Waals surface area (Å²) < 4.78 is 1.64. The van der Waals surface area contributed by atoms with Gasteiger partial charge in [-0.15, -0.1) is 5.10 Å². The van der Waals surface area contributed by atoms with Crippen LogP contribution in [-0.2, 0) is 4.79 Å². The second-order valence-electron chi connectivity index (χ2n) is 7.61. The summed E-state index contributed by atoms with van der Waals surface area (Å²) in [6.07, 6.45) is 3.21. The lowest BCUT2D eigenvalue weighted by Crippen LogP contribution is -2.31. The van der Waals surface area contributed by atoms with Gasteiger partial charge in [0.05, 0.1) is 22.5 Å². The molecule has 34 heavy (non-hydrogen) atoms. The number of amides is 1. The molecule has 1 atom stereocenters. The van der Waals surface area contributed by atoms with Crippen LogP contribution in [0, 0.1) is 0 Å². The van der Waals surface area contributed by atoms with Gasteiger partial charge in [0, 0.05) is 33.1 Å². The third kappa shape index (κ3) is 4.14. The summed E-state index contributed by atoms with van der Waals surface area (Å²) in [5.41, 5.74) is 2.93. The van der Waals surface area contributed by atoms with Crippen LogP contribution in [-0.4, -0.2) is 25.7 Å². The van der Waals surface area contributed by atoms with E-state index in [-0.39, 0.29) is 5.91 Å². The molecule has 2 N–H and O–H groups in total. The van der Waals surface area contributed by atoms with Gasteiger partial charge in [-0.25, -0.2) is 4.68 Å². The summed E-state index contributed by atoms with van der Waals surface area (Å²) in [6, 6.07) is 15.3. The quantitative estimate of drug-likeness (QED) is 0.339. The molecule has 0 radical (unpaired) electrons. The van der Waals surface area contributed by atoms with E-state index in [4.69, 9.17) is 39.9 Å². The molecule has 5 rings (SSSR count). The fourth-order valence-electron chi connectivity index (χ4n) is 3.85. The number of benzene rings is 2. The molecule has 2 aromatic heterocycles. The Labute approximate surface area is 210 Å². The van der Waals surface area contributed by atoms with Crippen LogP contribution in [0.15, 0.2) is 78.3 Å². The average molecular weight is 512 g/mol. The fraction of sp³-hybridized carbons (Fsp3) is 0.0833. The van der Waals surface area contributed by atoms with Gasteiger partial charge in [-0.3, -0.25) is 9.78 Å². The minimum atomic E-state index is -0.665. The highest BCUT2D eigenvalue weighted by atomic mass is 35.5. The Balaban J connectivity index is 1.65. The number of carbonyl (C=O) groups excluding carboxylic acids is 1. The minimum absolute atomic E-state index is 0.325. The van der Waals surface area contributed by atoms with E-state index in [1.165, 1.54) is 0 Å². The topological polar surface area (TPSA) is 84.7 Å². The molecule has 1 aliphatic rings. The predicted octanol–water partition coefficient (Wildman–Crippen LogP) is 6.23. The van der Waals surface area contributed by atoms with E-state index in [0.717, 1.165) is 0 Å². The minimum Gasteiger partial charge on any atom is -0.328 e. The van der Waals surface area contributed by atoms with Gasteiger partial charge in [0.1, 0.15) is 6.04 Å². The summed E-state index contributed by atoms with van der Waals surface area (Å²) in [4.78, 5) is 22.2. The number of hydrogen-bond acceptors (Lipinski definition) is 5. The highest BCUT2D eigenvalue weighted by molar-refractivity contribution is 6.35. The van der Waals surface area contributed by atoms with Crippen LogP contribution in [0.5, 0.6) is 0 Å². The lowest BCUT2D eigenvalue weighted by Gasteiger charge is -2.29. The van der Waals surface area contributed by atoms with Crippen molar-refractivity contribution in [3.8, 4) is 11.4 Å². The molecular weight excluding hydrogens is 495 g/mol. The molecule has 0 saturated carbocycles. The Morgan fingerprint density at radius 1 is 1.06 bits per heavy atom. The Morgan fingerprint density at radius 3 is 2.62 bits per heavy atom. The molecule has 0 spiro atoms. The molecule has 0 bridgehead atoms. The average Bonchev–Trinajstić information content (AvgIpc) is 3.22. The Morgan fingerprint density at radius 2 is 1.88 bits per heavy atom. The van der Waals surface area contributed by atoms with Crippen molar-refractivity contribution >= 4 is 52.3 Å². The van der Waals surface area contributed by atoms with Crippen LogP contribution >= 0.6 is 34.8 Å². The Bertz CT molecular complexity index is 1430. The second-order valence-corrected chi connectivity index (χ2v) is 8.86. The molecule has 3 heterocycles. The number of carbonyl (C=O) groups is 1. The van der Waals surface area contributed by atoms with E-state index in [1.54, 1.807) is 53.5 Å². The van der Waals surface area contributed by atoms with Crippen LogP contribution in [0.1, 0.15) is 18.5 Å². The molecular formula is C24H17Cl3N6O.